The van der Waals surface area contributed by atoms with Crippen LogP contribution in [0.1, 0.15) is 69.2 Å². The van der Waals surface area contributed by atoms with Crippen molar-refractivity contribution in [3.8, 4) is 34.7 Å². The molecule has 3 aromatic rings. The van der Waals surface area contributed by atoms with E-state index >= 15 is 0 Å². The first-order chi connectivity index (χ1) is 17.9. The predicted molar refractivity (Wildman–Crippen MR) is 140 cm³/mol. The molecule has 37 heavy (non-hydrogen) atoms. The molecule has 0 saturated carbocycles. The third kappa shape index (κ3) is 5.31. The summed E-state index contributed by atoms with van der Waals surface area (Å²) in [5.41, 5.74) is 4.27. The minimum Gasteiger partial charge on any atom is -0.490 e. The summed E-state index contributed by atoms with van der Waals surface area (Å²) in [6.45, 7) is 7.72. The summed E-state index contributed by atoms with van der Waals surface area (Å²) in [5.74, 6) is 2.06. The Bertz CT molecular complexity index is 1320. The number of carbonyl (C=O) groups excluding carboxylic acids is 1. The van der Waals surface area contributed by atoms with Crippen LogP contribution >= 0.6 is 0 Å². The van der Waals surface area contributed by atoms with E-state index in [2.05, 4.69) is 34.5 Å². The standard InChI is InChI=1S/C29H33N5O3/c1-18(2)36-26-11-10-20(16-21(26)17-30)28-32-27(33-37-28)24-8-4-7-23-22(24)6-5-9-25(23)31-29(35)34-14-12-19(3)13-15-34/h4,7-8,10-11,16,18-19,25H,5-6,9,12-15H2,1-3H3,(H,31,35)/t25-/m1/s1. The molecule has 2 aromatic carbocycles. The number of urea groups is 1. The number of hydrogen-bond donors (Lipinski definition) is 1. The van der Waals surface area contributed by atoms with Crippen molar-refractivity contribution in [1.82, 2.24) is 20.4 Å². The summed E-state index contributed by atoms with van der Waals surface area (Å²) in [4.78, 5) is 19.6. The number of rotatable bonds is 5. The second kappa shape index (κ2) is 10.6. The summed E-state index contributed by atoms with van der Waals surface area (Å²) in [6.07, 6.45) is 4.85. The lowest BCUT2D eigenvalue weighted by Gasteiger charge is -2.33. The van der Waals surface area contributed by atoms with Crippen molar-refractivity contribution in [2.45, 2.75) is 65.0 Å². The van der Waals surface area contributed by atoms with Crippen molar-refractivity contribution in [3.63, 3.8) is 0 Å². The van der Waals surface area contributed by atoms with Crippen molar-refractivity contribution < 1.29 is 14.1 Å². The molecule has 0 radical (unpaired) electrons. The first-order valence-electron chi connectivity index (χ1n) is 13.2. The van der Waals surface area contributed by atoms with Gasteiger partial charge >= 0.3 is 6.03 Å². The van der Waals surface area contributed by atoms with E-state index < -0.39 is 0 Å². The average molecular weight is 500 g/mol. The van der Waals surface area contributed by atoms with Crippen LogP contribution in [0.15, 0.2) is 40.9 Å². The zero-order valence-electron chi connectivity index (χ0n) is 21.7. The number of carbonyl (C=O) groups is 1. The zero-order chi connectivity index (χ0) is 25.9. The number of ether oxygens (including phenoxy) is 1. The molecule has 1 fully saturated rings. The maximum absolute atomic E-state index is 13.0. The summed E-state index contributed by atoms with van der Waals surface area (Å²) in [6, 6.07) is 13.6. The van der Waals surface area contributed by atoms with Gasteiger partial charge in [0.25, 0.3) is 5.89 Å². The zero-order valence-corrected chi connectivity index (χ0v) is 21.7. The number of likely N-dealkylation sites (tertiary alicyclic amines) is 1. The highest BCUT2D eigenvalue weighted by atomic mass is 16.5. The number of hydrogen-bond acceptors (Lipinski definition) is 6. The molecule has 1 atom stereocenters. The molecule has 0 spiro atoms. The molecule has 8 heteroatoms. The van der Waals surface area contributed by atoms with E-state index in [1.807, 2.05) is 36.9 Å². The third-order valence-electron chi connectivity index (χ3n) is 7.25. The number of aromatic nitrogens is 2. The SMILES string of the molecule is CC1CCN(C(=O)N[C@@H]2CCCc3c(-c4noc(-c5ccc(OC(C)C)c(C#N)c5)n4)cccc32)CC1. The highest BCUT2D eigenvalue weighted by molar-refractivity contribution is 5.75. The van der Waals surface area contributed by atoms with Crippen LogP contribution in [-0.2, 0) is 6.42 Å². The highest BCUT2D eigenvalue weighted by Gasteiger charge is 2.28. The van der Waals surface area contributed by atoms with Gasteiger partial charge in [-0.25, -0.2) is 4.79 Å². The van der Waals surface area contributed by atoms with E-state index in [-0.39, 0.29) is 18.2 Å². The van der Waals surface area contributed by atoms with E-state index in [1.165, 1.54) is 0 Å². The Balaban J connectivity index is 1.38. The molecule has 1 saturated heterocycles. The molecular weight excluding hydrogens is 466 g/mol. The Hall–Kier alpha value is -3.86. The fraction of sp³-hybridized carbons (Fsp3) is 0.448. The van der Waals surface area contributed by atoms with Gasteiger partial charge in [-0.05, 0) is 81.2 Å². The normalized spacial score (nSPS) is 17.8. The lowest BCUT2D eigenvalue weighted by molar-refractivity contribution is 0.169. The maximum atomic E-state index is 13.0. The number of nitrogens with one attached hydrogen (secondary N) is 1. The molecule has 2 heterocycles. The van der Waals surface area contributed by atoms with E-state index in [1.54, 1.807) is 12.1 Å². The molecule has 2 aliphatic rings. The Morgan fingerprint density at radius 1 is 1.22 bits per heavy atom. The van der Waals surface area contributed by atoms with E-state index in [0.29, 0.717) is 34.5 Å². The Kier molecular flexibility index (Phi) is 7.13. The first kappa shape index (κ1) is 24.8. The molecule has 8 nitrogen and oxygen atoms in total. The van der Waals surface area contributed by atoms with E-state index in [0.717, 1.165) is 61.9 Å². The largest absolute Gasteiger partial charge is 0.490 e. The Morgan fingerprint density at radius 3 is 2.78 bits per heavy atom. The molecule has 0 unspecified atom stereocenters. The van der Waals surface area contributed by atoms with Gasteiger partial charge in [0.05, 0.1) is 17.7 Å². The highest BCUT2D eigenvalue weighted by Crippen LogP contribution is 2.36. The van der Waals surface area contributed by atoms with Gasteiger partial charge in [0.15, 0.2) is 0 Å². The lowest BCUT2D eigenvalue weighted by Crippen LogP contribution is -2.45. The van der Waals surface area contributed by atoms with Crippen molar-refractivity contribution in [1.29, 1.82) is 5.26 Å². The summed E-state index contributed by atoms with van der Waals surface area (Å²) < 4.78 is 11.3. The van der Waals surface area contributed by atoms with Gasteiger partial charge in [-0.1, -0.05) is 30.3 Å². The van der Waals surface area contributed by atoms with Crippen LogP contribution in [0.25, 0.3) is 22.8 Å². The molecule has 5 rings (SSSR count). The van der Waals surface area contributed by atoms with Crippen LogP contribution in [0.3, 0.4) is 0 Å². The molecule has 1 aromatic heterocycles. The quantitative estimate of drug-likeness (QED) is 0.470. The molecule has 1 aliphatic carbocycles. The number of nitrogens with zero attached hydrogens (tertiary/aromatic N) is 4. The topological polar surface area (TPSA) is 104 Å². The Morgan fingerprint density at radius 2 is 2.03 bits per heavy atom. The molecule has 0 bridgehead atoms. The van der Waals surface area contributed by atoms with Gasteiger partial charge in [-0.3, -0.25) is 0 Å². The second-order valence-electron chi connectivity index (χ2n) is 10.3. The summed E-state index contributed by atoms with van der Waals surface area (Å²) in [5, 5.41) is 17.1. The van der Waals surface area contributed by atoms with Crippen LogP contribution < -0.4 is 10.1 Å². The molecule has 192 valence electrons. The second-order valence-corrected chi connectivity index (χ2v) is 10.3. The average Bonchev–Trinajstić information content (AvgIpc) is 3.39. The van der Waals surface area contributed by atoms with Crippen molar-refractivity contribution in [3.05, 3.63) is 53.1 Å². The van der Waals surface area contributed by atoms with Crippen LogP contribution in [-0.4, -0.2) is 40.3 Å². The monoisotopic (exact) mass is 499 g/mol. The summed E-state index contributed by atoms with van der Waals surface area (Å²) in [7, 11) is 0. The Labute approximate surface area is 217 Å². The number of benzene rings is 2. The molecule has 2 amide bonds. The fourth-order valence-electron chi connectivity index (χ4n) is 5.22. The minimum atomic E-state index is -0.0337. The number of piperidine rings is 1. The van der Waals surface area contributed by atoms with Crippen LogP contribution in [0.4, 0.5) is 4.79 Å². The first-order valence-corrected chi connectivity index (χ1v) is 13.2. The van der Waals surface area contributed by atoms with Gasteiger partial charge in [0, 0.05) is 24.2 Å². The van der Waals surface area contributed by atoms with Gasteiger partial charge in [-0.2, -0.15) is 10.2 Å². The number of amides is 2. The maximum Gasteiger partial charge on any atom is 0.317 e. The number of fused-ring (bicyclic) bond motifs is 1. The van der Waals surface area contributed by atoms with Crippen LogP contribution in [0.5, 0.6) is 5.75 Å². The van der Waals surface area contributed by atoms with Crippen molar-refractivity contribution in [2.75, 3.05) is 13.1 Å². The van der Waals surface area contributed by atoms with Gasteiger partial charge in [0.1, 0.15) is 11.8 Å². The third-order valence-corrected chi connectivity index (χ3v) is 7.25. The van der Waals surface area contributed by atoms with Gasteiger partial charge in [0.2, 0.25) is 5.82 Å². The fourth-order valence-corrected chi connectivity index (χ4v) is 5.22. The summed E-state index contributed by atoms with van der Waals surface area (Å²) >= 11 is 0. The van der Waals surface area contributed by atoms with Crippen molar-refractivity contribution in [2.24, 2.45) is 5.92 Å². The smallest absolute Gasteiger partial charge is 0.317 e. The molecule has 1 N–H and O–H groups in total. The number of nitriles is 1. The van der Waals surface area contributed by atoms with Crippen LogP contribution in [0, 0.1) is 17.2 Å². The molecular formula is C29H33N5O3. The minimum absolute atomic E-state index is 0.0233. The van der Waals surface area contributed by atoms with E-state index in [9.17, 15) is 10.1 Å². The van der Waals surface area contributed by atoms with Gasteiger partial charge in [-0.15, -0.1) is 0 Å². The van der Waals surface area contributed by atoms with Gasteiger partial charge < -0.3 is 19.5 Å². The van der Waals surface area contributed by atoms with E-state index in [4.69, 9.17) is 9.26 Å². The molecule has 1 aliphatic heterocycles. The van der Waals surface area contributed by atoms with Crippen LogP contribution in [0.2, 0.25) is 0 Å². The lowest BCUT2D eigenvalue weighted by atomic mass is 9.84. The predicted octanol–water partition coefficient (Wildman–Crippen LogP) is 5.88. The van der Waals surface area contributed by atoms with Crippen molar-refractivity contribution >= 4 is 6.03 Å².